The van der Waals surface area contributed by atoms with E-state index in [2.05, 4.69) is 9.47 Å². The first-order valence-electron chi connectivity index (χ1n) is 5.70. The van der Waals surface area contributed by atoms with Gasteiger partial charge in [0.15, 0.2) is 5.41 Å². The Morgan fingerprint density at radius 3 is 2.16 bits per heavy atom. The summed E-state index contributed by atoms with van der Waals surface area (Å²) in [5.41, 5.74) is -1.41. The molecule has 1 aromatic carbocycles. The molecule has 2 rings (SSSR count). The quantitative estimate of drug-likeness (QED) is 0.606. The Morgan fingerprint density at radius 2 is 1.68 bits per heavy atom. The maximum atomic E-state index is 12.4. The molecule has 0 heterocycles. The van der Waals surface area contributed by atoms with Crippen molar-refractivity contribution in [1.29, 1.82) is 0 Å². The third-order valence-electron chi connectivity index (χ3n) is 3.23. The number of hydrogen-bond acceptors (Lipinski definition) is 5. The molecule has 19 heavy (non-hydrogen) atoms. The summed E-state index contributed by atoms with van der Waals surface area (Å²) in [5.74, 6) is -1.37. The molecule has 1 saturated carbocycles. The molecule has 0 amide bonds. The van der Waals surface area contributed by atoms with E-state index in [-0.39, 0.29) is 6.42 Å². The maximum absolute atomic E-state index is 12.4. The van der Waals surface area contributed by atoms with Crippen LogP contribution in [0.2, 0.25) is 0 Å². The predicted molar refractivity (Wildman–Crippen MR) is 67.7 cm³/mol. The highest BCUT2D eigenvalue weighted by Gasteiger charge is 2.70. The Bertz CT molecular complexity index is 509. The first kappa shape index (κ1) is 13.7. The van der Waals surface area contributed by atoms with E-state index < -0.39 is 33.4 Å². The predicted octanol–water partition coefficient (Wildman–Crippen LogP) is 0.899. The fourth-order valence-corrected chi connectivity index (χ4v) is 3.81. The van der Waals surface area contributed by atoms with Crippen molar-refractivity contribution in [1.82, 2.24) is 0 Å². The van der Waals surface area contributed by atoms with Crippen LogP contribution in [0, 0.1) is 5.41 Å². The minimum absolute atomic E-state index is 0.188. The SMILES string of the molecule is COC(=O)C1(C(=O)OC)C[C@H]1[S@@](=O)c1ccccc1. The van der Waals surface area contributed by atoms with Crippen LogP contribution in [0.25, 0.3) is 0 Å². The second-order valence-corrected chi connectivity index (χ2v) is 5.89. The van der Waals surface area contributed by atoms with E-state index in [0.29, 0.717) is 4.90 Å². The summed E-state index contributed by atoms with van der Waals surface area (Å²) in [4.78, 5) is 24.2. The van der Waals surface area contributed by atoms with Crippen LogP contribution >= 0.6 is 0 Å². The van der Waals surface area contributed by atoms with Crippen LogP contribution in [0.3, 0.4) is 0 Å². The minimum atomic E-state index is -1.44. The van der Waals surface area contributed by atoms with Crippen molar-refractivity contribution in [2.24, 2.45) is 5.41 Å². The average molecular weight is 282 g/mol. The number of rotatable bonds is 4. The summed E-state index contributed by atoms with van der Waals surface area (Å²) in [6.07, 6.45) is 0.188. The maximum Gasteiger partial charge on any atom is 0.324 e. The van der Waals surface area contributed by atoms with Gasteiger partial charge in [0, 0.05) is 4.90 Å². The fraction of sp³-hybridized carbons (Fsp3) is 0.385. The van der Waals surface area contributed by atoms with Gasteiger partial charge in [-0.15, -0.1) is 0 Å². The van der Waals surface area contributed by atoms with E-state index in [4.69, 9.17) is 0 Å². The molecule has 0 unspecified atom stereocenters. The van der Waals surface area contributed by atoms with E-state index >= 15 is 0 Å². The minimum Gasteiger partial charge on any atom is -0.468 e. The van der Waals surface area contributed by atoms with E-state index in [1.807, 2.05) is 6.07 Å². The van der Waals surface area contributed by atoms with Crippen molar-refractivity contribution in [3.63, 3.8) is 0 Å². The molecule has 0 N–H and O–H groups in total. The molecular weight excluding hydrogens is 268 g/mol. The molecule has 0 aromatic heterocycles. The second-order valence-electron chi connectivity index (χ2n) is 4.26. The largest absolute Gasteiger partial charge is 0.468 e. The van der Waals surface area contributed by atoms with Crippen LogP contribution in [-0.4, -0.2) is 35.6 Å². The number of methoxy groups -OCH3 is 2. The normalized spacial score (nSPS) is 21.3. The first-order chi connectivity index (χ1) is 9.07. The van der Waals surface area contributed by atoms with Gasteiger partial charge in [-0.1, -0.05) is 18.2 Å². The summed E-state index contributed by atoms with van der Waals surface area (Å²) in [6.45, 7) is 0. The van der Waals surface area contributed by atoms with Gasteiger partial charge >= 0.3 is 11.9 Å². The van der Waals surface area contributed by atoms with Crippen LogP contribution < -0.4 is 0 Å². The van der Waals surface area contributed by atoms with Crippen LogP contribution in [0.1, 0.15) is 6.42 Å². The molecule has 1 fully saturated rings. The Labute approximate surface area is 113 Å². The summed E-state index contributed by atoms with van der Waals surface area (Å²) in [6, 6.07) is 8.73. The molecular formula is C13H14O5S. The van der Waals surface area contributed by atoms with Gasteiger partial charge in [0.2, 0.25) is 0 Å². The van der Waals surface area contributed by atoms with Gasteiger partial charge in [-0.2, -0.15) is 0 Å². The number of hydrogen-bond donors (Lipinski definition) is 0. The van der Waals surface area contributed by atoms with Gasteiger partial charge in [0.05, 0.1) is 30.3 Å². The number of carbonyl (C=O) groups is 2. The van der Waals surface area contributed by atoms with Crippen molar-refractivity contribution in [3.05, 3.63) is 30.3 Å². The Balaban J connectivity index is 2.27. The summed E-state index contributed by atoms with van der Waals surface area (Å²) >= 11 is 0. The summed E-state index contributed by atoms with van der Waals surface area (Å²) < 4.78 is 21.6. The first-order valence-corrected chi connectivity index (χ1v) is 6.91. The van der Waals surface area contributed by atoms with Gasteiger partial charge in [0.1, 0.15) is 0 Å². The Hall–Kier alpha value is -1.69. The lowest BCUT2D eigenvalue weighted by Crippen LogP contribution is -2.32. The number of esters is 2. The zero-order chi connectivity index (χ0) is 14.0. The lowest BCUT2D eigenvalue weighted by atomic mass is 10.1. The zero-order valence-corrected chi connectivity index (χ0v) is 11.4. The second kappa shape index (κ2) is 5.13. The van der Waals surface area contributed by atoms with E-state index in [1.54, 1.807) is 24.3 Å². The highest BCUT2D eigenvalue weighted by atomic mass is 32.2. The number of ether oxygens (including phenoxy) is 2. The molecule has 1 aliphatic carbocycles. The van der Waals surface area contributed by atoms with Crippen LogP contribution in [-0.2, 0) is 29.9 Å². The van der Waals surface area contributed by atoms with E-state index in [0.717, 1.165) is 0 Å². The van der Waals surface area contributed by atoms with Crippen molar-refractivity contribution >= 4 is 22.7 Å². The van der Waals surface area contributed by atoms with Gasteiger partial charge in [-0.05, 0) is 18.6 Å². The average Bonchev–Trinajstić information content (AvgIpc) is 3.22. The van der Waals surface area contributed by atoms with Gasteiger partial charge in [-0.25, -0.2) is 0 Å². The molecule has 1 aromatic rings. The van der Waals surface area contributed by atoms with Gasteiger partial charge in [0.25, 0.3) is 0 Å². The van der Waals surface area contributed by atoms with Crippen molar-refractivity contribution in [2.75, 3.05) is 14.2 Å². The van der Waals surface area contributed by atoms with Gasteiger partial charge < -0.3 is 9.47 Å². The molecule has 0 bridgehead atoms. The molecule has 2 atom stereocenters. The summed E-state index contributed by atoms with van der Waals surface area (Å²) in [7, 11) is 0.965. The standard InChI is InChI=1S/C13H14O5S/c1-17-11(14)13(12(15)18-2)8-10(13)19(16)9-6-4-3-5-7-9/h3-7,10H,8H2,1-2H3/t10-,19+/m1/s1. The van der Waals surface area contributed by atoms with E-state index in [9.17, 15) is 13.8 Å². The monoisotopic (exact) mass is 282 g/mol. The van der Waals surface area contributed by atoms with Crippen LogP contribution in [0.4, 0.5) is 0 Å². The van der Waals surface area contributed by atoms with Gasteiger partial charge in [-0.3, -0.25) is 13.8 Å². The Kier molecular flexibility index (Phi) is 3.71. The highest BCUT2D eigenvalue weighted by molar-refractivity contribution is 7.86. The lowest BCUT2D eigenvalue weighted by molar-refractivity contribution is -0.161. The summed E-state index contributed by atoms with van der Waals surface area (Å²) in [5, 5.41) is -0.588. The molecule has 0 radical (unpaired) electrons. The Morgan fingerprint density at radius 1 is 1.16 bits per heavy atom. The van der Waals surface area contributed by atoms with Crippen molar-refractivity contribution in [3.8, 4) is 0 Å². The zero-order valence-electron chi connectivity index (χ0n) is 10.6. The fourth-order valence-electron chi connectivity index (χ4n) is 2.09. The third kappa shape index (κ3) is 2.16. The number of carbonyl (C=O) groups excluding carboxylic acids is 2. The third-order valence-corrected chi connectivity index (χ3v) is 5.05. The molecule has 0 spiro atoms. The van der Waals surface area contributed by atoms with Crippen LogP contribution in [0.5, 0.6) is 0 Å². The molecule has 0 aliphatic heterocycles. The highest BCUT2D eigenvalue weighted by Crippen LogP contribution is 2.52. The van der Waals surface area contributed by atoms with E-state index in [1.165, 1.54) is 14.2 Å². The molecule has 1 aliphatic rings. The molecule has 102 valence electrons. The smallest absolute Gasteiger partial charge is 0.324 e. The lowest BCUT2D eigenvalue weighted by Gasteiger charge is -2.12. The molecule has 0 saturated heterocycles. The molecule has 5 nitrogen and oxygen atoms in total. The van der Waals surface area contributed by atoms with Crippen LogP contribution in [0.15, 0.2) is 35.2 Å². The van der Waals surface area contributed by atoms with Crippen molar-refractivity contribution < 1.29 is 23.3 Å². The topological polar surface area (TPSA) is 69.7 Å². The van der Waals surface area contributed by atoms with Crippen molar-refractivity contribution in [2.45, 2.75) is 16.6 Å². The molecule has 6 heteroatoms. The number of benzene rings is 1.